The van der Waals surface area contributed by atoms with Crippen molar-refractivity contribution in [2.24, 2.45) is 0 Å². The molecule has 0 bridgehead atoms. The van der Waals surface area contributed by atoms with Crippen LogP contribution in [0.25, 0.3) is 198 Å². The average Bonchev–Trinajstić information content (AvgIpc) is 1.51. The predicted molar refractivity (Wildman–Crippen MR) is 435 cm³/mol. The van der Waals surface area contributed by atoms with Crippen molar-refractivity contribution in [3.8, 4) is 135 Å². The maximum absolute atomic E-state index is 5.05. The van der Waals surface area contributed by atoms with Crippen LogP contribution in [0, 0.1) is 0 Å². The van der Waals surface area contributed by atoms with E-state index in [2.05, 4.69) is 254 Å². The Kier molecular flexibility index (Phi) is 16.4. The Labute approximate surface area is 617 Å². The first-order chi connectivity index (χ1) is 52.4. The molecule has 13 aromatic carbocycles. The monoisotopic (exact) mass is 1390 g/mol. The number of fused-ring (bicyclic) bond motifs is 8. The largest absolute Gasteiger partial charge is 0.243 e. The SMILES string of the molecule is c1ccc(-c2ccc(-c3nc(-c4ccccc4)nc(-c4cccc(-c5ccc(-c6ccc7nc8sc9ccccc9c8nc7c6)cc5)c4)n3)cc2)cc1.c1ccc(-c2ccc(-c3nc(-c4ccccc4)nc(-c4cccc(-c5ccc(-c6ncnc7c6sc6nc8ccccc8cc67)cc5)c4)n3)cc2)cc1. The molecule has 106 heavy (non-hydrogen) atoms. The molecule has 7 aromatic heterocycles. The molecule has 20 aromatic rings. The Hall–Kier alpha value is -13.9. The van der Waals surface area contributed by atoms with Gasteiger partial charge in [0, 0.05) is 59.8 Å². The van der Waals surface area contributed by atoms with Gasteiger partial charge in [-0.3, -0.25) is 0 Å². The Bertz CT molecular complexity index is 6660. The second-order valence-electron chi connectivity index (χ2n) is 25.8. The van der Waals surface area contributed by atoms with E-state index < -0.39 is 0 Å². The highest BCUT2D eigenvalue weighted by Gasteiger charge is 2.19. The lowest BCUT2D eigenvalue weighted by Gasteiger charge is -2.10. The maximum Gasteiger partial charge on any atom is 0.164 e. The third kappa shape index (κ3) is 12.5. The standard InChI is InChI=1S/C47H29N5S.C46H28N6S/c1-3-10-30(11-4-1)31-22-24-35(25-23-31)45-50-44(34-12-5-2-6-13-34)51-46(52-45)38-15-9-14-36(28-38)32-18-20-33(21-19-32)37-26-27-40-41(29-37)48-43-39-16-7-8-17-42(39)53-47(43)49-40;1-3-10-29(11-4-1)30-20-24-34(25-21-30)44-50-43(33-12-5-2-6-13-33)51-45(52-44)37-16-9-15-35(26-37)31-18-22-32(23-19-31)40-42-41(48-28-47-40)38-27-36-14-7-8-17-39(36)49-46(38)53-42/h1-29H;1-28H. The molecule has 0 N–H and O–H groups in total. The van der Waals surface area contributed by atoms with Gasteiger partial charge in [-0.15, -0.1) is 22.7 Å². The van der Waals surface area contributed by atoms with E-state index in [1.54, 1.807) is 29.0 Å². The molecule has 0 aliphatic carbocycles. The zero-order valence-corrected chi connectivity index (χ0v) is 58.3. The summed E-state index contributed by atoms with van der Waals surface area (Å²) < 4.78 is 2.24. The molecule has 7 heterocycles. The van der Waals surface area contributed by atoms with Gasteiger partial charge in [-0.2, -0.15) is 0 Å². The Balaban J connectivity index is 0.000000145. The molecule has 13 heteroatoms. The summed E-state index contributed by atoms with van der Waals surface area (Å²) in [6.45, 7) is 0. The summed E-state index contributed by atoms with van der Waals surface area (Å²) in [5.41, 5.74) is 23.4. The van der Waals surface area contributed by atoms with Gasteiger partial charge in [-0.05, 0) is 98.1 Å². The molecule has 0 aliphatic heterocycles. The van der Waals surface area contributed by atoms with Gasteiger partial charge in [0.2, 0.25) is 0 Å². The molecule has 0 saturated carbocycles. The number of pyridine rings is 1. The topological polar surface area (TPSA) is 142 Å². The quantitative estimate of drug-likeness (QED) is 0.115. The van der Waals surface area contributed by atoms with E-state index in [0.717, 1.165) is 147 Å². The molecule has 0 unspecified atom stereocenters. The zero-order valence-electron chi connectivity index (χ0n) is 56.6. The number of hydrogen-bond donors (Lipinski definition) is 0. The number of aromatic nitrogens is 11. The van der Waals surface area contributed by atoms with Crippen LogP contribution in [-0.2, 0) is 0 Å². The molecule has 0 fully saturated rings. The van der Waals surface area contributed by atoms with Crippen LogP contribution in [0.2, 0.25) is 0 Å². The van der Waals surface area contributed by atoms with E-state index in [-0.39, 0.29) is 0 Å². The average molecular weight is 1390 g/mol. The fraction of sp³-hybridized carbons (Fsp3) is 0. The smallest absolute Gasteiger partial charge is 0.164 e. The van der Waals surface area contributed by atoms with Crippen molar-refractivity contribution in [3.05, 3.63) is 346 Å². The van der Waals surface area contributed by atoms with Crippen molar-refractivity contribution < 1.29 is 0 Å². The van der Waals surface area contributed by atoms with Gasteiger partial charge >= 0.3 is 0 Å². The third-order valence-corrected chi connectivity index (χ3v) is 21.2. The minimum atomic E-state index is 0.619. The van der Waals surface area contributed by atoms with Crippen molar-refractivity contribution in [2.45, 2.75) is 0 Å². The first-order valence-electron chi connectivity index (χ1n) is 34.8. The van der Waals surface area contributed by atoms with Crippen LogP contribution in [0.3, 0.4) is 0 Å². The highest BCUT2D eigenvalue weighted by atomic mass is 32.1. The predicted octanol–water partition coefficient (Wildman–Crippen LogP) is 23.8. The van der Waals surface area contributed by atoms with Gasteiger partial charge in [-0.1, -0.05) is 297 Å². The summed E-state index contributed by atoms with van der Waals surface area (Å²) >= 11 is 3.33. The molecule has 0 atom stereocenters. The lowest BCUT2D eigenvalue weighted by Crippen LogP contribution is -2.00. The summed E-state index contributed by atoms with van der Waals surface area (Å²) in [5.74, 6) is 3.78. The normalized spacial score (nSPS) is 11.4. The third-order valence-electron chi connectivity index (χ3n) is 19.0. The number of rotatable bonds is 12. The number of benzene rings is 13. The minimum absolute atomic E-state index is 0.619. The zero-order chi connectivity index (χ0) is 70.3. The van der Waals surface area contributed by atoms with Crippen molar-refractivity contribution in [2.75, 3.05) is 0 Å². The maximum atomic E-state index is 5.05. The summed E-state index contributed by atoms with van der Waals surface area (Å²) in [5, 5.41) is 3.32. The molecular weight excluding hydrogens is 1340 g/mol. The van der Waals surface area contributed by atoms with Gasteiger partial charge in [0.15, 0.2) is 34.9 Å². The number of para-hydroxylation sites is 1. The van der Waals surface area contributed by atoms with Crippen molar-refractivity contribution in [1.82, 2.24) is 54.8 Å². The van der Waals surface area contributed by atoms with Crippen LogP contribution >= 0.6 is 22.7 Å². The van der Waals surface area contributed by atoms with Crippen molar-refractivity contribution in [1.29, 1.82) is 0 Å². The molecule has 11 nitrogen and oxygen atoms in total. The number of thiophene rings is 2. The van der Waals surface area contributed by atoms with Gasteiger partial charge in [0.25, 0.3) is 0 Å². The molecule has 20 rings (SSSR count). The van der Waals surface area contributed by atoms with E-state index >= 15 is 0 Å². The fourth-order valence-corrected chi connectivity index (χ4v) is 15.7. The molecule has 0 amide bonds. The lowest BCUT2D eigenvalue weighted by molar-refractivity contribution is 1.07. The summed E-state index contributed by atoms with van der Waals surface area (Å²) in [6.07, 6.45) is 1.65. The molecule has 0 saturated heterocycles. The molecule has 496 valence electrons. The van der Waals surface area contributed by atoms with Gasteiger partial charge in [-0.25, -0.2) is 54.8 Å². The van der Waals surface area contributed by atoms with Gasteiger partial charge in [0.05, 0.1) is 32.5 Å². The van der Waals surface area contributed by atoms with E-state index in [4.69, 9.17) is 49.8 Å². The first-order valence-corrected chi connectivity index (χ1v) is 36.5. The van der Waals surface area contributed by atoms with Crippen LogP contribution in [0.1, 0.15) is 0 Å². The van der Waals surface area contributed by atoms with Gasteiger partial charge in [0.1, 0.15) is 21.5 Å². The summed E-state index contributed by atoms with van der Waals surface area (Å²) in [6, 6.07) is 117. The van der Waals surface area contributed by atoms with Crippen molar-refractivity contribution in [3.63, 3.8) is 0 Å². The van der Waals surface area contributed by atoms with Crippen LogP contribution < -0.4 is 0 Å². The molecule has 0 aliphatic rings. The minimum Gasteiger partial charge on any atom is -0.243 e. The Morgan fingerprint density at radius 3 is 1.10 bits per heavy atom. The highest BCUT2D eigenvalue weighted by Crippen LogP contribution is 2.41. The number of nitrogens with zero attached hydrogens (tertiary/aromatic N) is 11. The van der Waals surface area contributed by atoms with Crippen LogP contribution in [-0.4, -0.2) is 54.8 Å². The molecule has 0 spiro atoms. The lowest BCUT2D eigenvalue weighted by atomic mass is 9.98. The van der Waals surface area contributed by atoms with Crippen molar-refractivity contribution >= 4 is 85.5 Å². The van der Waals surface area contributed by atoms with Gasteiger partial charge < -0.3 is 0 Å². The highest BCUT2D eigenvalue weighted by molar-refractivity contribution is 7.26. The van der Waals surface area contributed by atoms with Crippen LogP contribution in [0.15, 0.2) is 346 Å². The first kappa shape index (κ1) is 63.1. The molecule has 0 radical (unpaired) electrons. The van der Waals surface area contributed by atoms with E-state index in [1.807, 2.05) is 91.0 Å². The van der Waals surface area contributed by atoms with Crippen LogP contribution in [0.5, 0.6) is 0 Å². The Morgan fingerprint density at radius 2 is 0.575 bits per heavy atom. The second kappa shape index (κ2) is 27.5. The van der Waals surface area contributed by atoms with E-state index in [9.17, 15) is 0 Å². The fourth-order valence-electron chi connectivity index (χ4n) is 13.6. The Morgan fingerprint density at radius 1 is 0.198 bits per heavy atom. The van der Waals surface area contributed by atoms with Crippen LogP contribution in [0.4, 0.5) is 0 Å². The summed E-state index contributed by atoms with van der Waals surface area (Å²) in [7, 11) is 0. The number of hydrogen-bond acceptors (Lipinski definition) is 13. The second-order valence-corrected chi connectivity index (χ2v) is 27.8. The molecular formula is C93H57N11S2. The summed E-state index contributed by atoms with van der Waals surface area (Å²) in [4.78, 5) is 56.1. The van der Waals surface area contributed by atoms with E-state index in [1.165, 1.54) is 15.8 Å². The van der Waals surface area contributed by atoms with E-state index in [0.29, 0.717) is 34.9 Å².